The van der Waals surface area contributed by atoms with Gasteiger partial charge in [-0.05, 0) is 35.9 Å². The Bertz CT molecular complexity index is 1260. The fraction of sp³-hybridized carbons (Fsp3) is 0.0526. The van der Waals surface area contributed by atoms with E-state index < -0.39 is 0 Å². The monoisotopic (exact) mass is 397 g/mol. The van der Waals surface area contributed by atoms with Gasteiger partial charge in [0.25, 0.3) is 5.56 Å². The number of rotatable bonds is 3. The molecule has 6 nitrogen and oxygen atoms in total. The summed E-state index contributed by atoms with van der Waals surface area (Å²) >= 11 is 7.26. The summed E-state index contributed by atoms with van der Waals surface area (Å²) in [4.78, 5) is 28.5. The number of thiazole rings is 1. The van der Waals surface area contributed by atoms with Gasteiger partial charge in [-0.1, -0.05) is 47.2 Å². The lowest BCUT2D eigenvalue weighted by atomic mass is 10.2. The summed E-state index contributed by atoms with van der Waals surface area (Å²) in [5.41, 5.74) is 1.33. The second-order valence-corrected chi connectivity index (χ2v) is 7.16. The first kappa shape index (κ1) is 17.4. The van der Waals surface area contributed by atoms with Gasteiger partial charge in [0.05, 0.1) is 4.53 Å². The molecule has 2 aromatic carbocycles. The van der Waals surface area contributed by atoms with Gasteiger partial charge < -0.3 is 4.74 Å². The third-order valence-electron chi connectivity index (χ3n) is 3.70. The maximum Gasteiger partial charge on any atom is 0.308 e. The van der Waals surface area contributed by atoms with Gasteiger partial charge >= 0.3 is 5.97 Å². The highest BCUT2D eigenvalue weighted by atomic mass is 35.5. The predicted molar refractivity (Wildman–Crippen MR) is 104 cm³/mol. The van der Waals surface area contributed by atoms with Crippen LogP contribution in [0.3, 0.4) is 0 Å². The number of aromatic nitrogens is 3. The highest BCUT2D eigenvalue weighted by Gasteiger charge is 2.12. The topological polar surface area (TPSA) is 73.6 Å². The van der Waals surface area contributed by atoms with Crippen LogP contribution in [0.5, 0.6) is 5.75 Å². The van der Waals surface area contributed by atoms with Crippen molar-refractivity contribution in [3.05, 3.63) is 74.0 Å². The van der Waals surface area contributed by atoms with E-state index in [1.165, 1.54) is 22.8 Å². The minimum absolute atomic E-state index is 0.236. The molecule has 0 fully saturated rings. The molecule has 0 spiro atoms. The van der Waals surface area contributed by atoms with Crippen LogP contribution in [-0.2, 0) is 4.79 Å². The van der Waals surface area contributed by atoms with E-state index in [0.717, 1.165) is 11.1 Å². The van der Waals surface area contributed by atoms with Crippen LogP contribution in [0.2, 0.25) is 5.02 Å². The fourth-order valence-electron chi connectivity index (χ4n) is 2.53. The molecule has 8 heteroatoms. The number of hydrogen-bond acceptors (Lipinski definition) is 6. The van der Waals surface area contributed by atoms with Crippen LogP contribution in [0.4, 0.5) is 0 Å². The van der Waals surface area contributed by atoms with Crippen LogP contribution in [-0.4, -0.2) is 20.6 Å². The Morgan fingerprint density at radius 2 is 2.00 bits per heavy atom. The standard InChI is InChI=1S/C19H12ClN3O3S/c1-11(24)26-15-7-5-12(6-8-15)9-16-18(25)23-19(27-16)21-17(22-23)13-3-2-4-14(20)10-13/h2-10H,1H3. The first-order valence-corrected chi connectivity index (χ1v) is 9.15. The van der Waals surface area contributed by atoms with Crippen LogP contribution in [0.1, 0.15) is 12.5 Å². The number of ether oxygens (including phenoxy) is 1. The molecule has 0 radical (unpaired) electrons. The van der Waals surface area contributed by atoms with Gasteiger partial charge in [0.1, 0.15) is 5.75 Å². The van der Waals surface area contributed by atoms with Crippen molar-refractivity contribution in [2.75, 3.05) is 0 Å². The normalized spacial score (nSPS) is 11.9. The average Bonchev–Trinajstić information content (AvgIpc) is 3.16. The number of fused-ring (bicyclic) bond motifs is 1. The molecule has 0 N–H and O–H groups in total. The lowest BCUT2D eigenvalue weighted by Gasteiger charge is -2.00. The number of esters is 1. The first-order chi connectivity index (χ1) is 13.0. The molecule has 0 amide bonds. The molecule has 134 valence electrons. The third kappa shape index (κ3) is 3.60. The molecule has 0 atom stereocenters. The van der Waals surface area contributed by atoms with Crippen molar-refractivity contribution in [1.29, 1.82) is 0 Å². The summed E-state index contributed by atoms with van der Waals surface area (Å²) < 4.78 is 6.81. The molecule has 4 rings (SSSR count). The summed E-state index contributed by atoms with van der Waals surface area (Å²) in [5.74, 6) is 0.531. The van der Waals surface area contributed by atoms with Gasteiger partial charge in [0, 0.05) is 17.5 Å². The maximum atomic E-state index is 12.6. The van der Waals surface area contributed by atoms with E-state index in [-0.39, 0.29) is 11.5 Å². The van der Waals surface area contributed by atoms with E-state index in [1.807, 2.05) is 12.1 Å². The molecule has 0 aliphatic rings. The minimum Gasteiger partial charge on any atom is -0.427 e. The van der Waals surface area contributed by atoms with Gasteiger partial charge in [-0.2, -0.15) is 9.50 Å². The minimum atomic E-state index is -0.380. The van der Waals surface area contributed by atoms with Gasteiger partial charge in [0.15, 0.2) is 5.82 Å². The van der Waals surface area contributed by atoms with Crippen molar-refractivity contribution in [3.8, 4) is 17.1 Å². The molecule has 0 saturated heterocycles. The first-order valence-electron chi connectivity index (χ1n) is 7.95. The Kier molecular flexibility index (Phi) is 4.47. The highest BCUT2D eigenvalue weighted by molar-refractivity contribution is 7.15. The lowest BCUT2D eigenvalue weighted by Crippen LogP contribution is -2.23. The SMILES string of the molecule is CC(=O)Oc1ccc(C=c2sc3nc(-c4cccc(Cl)c4)nn3c2=O)cc1. The predicted octanol–water partition coefficient (Wildman–Crippen LogP) is 2.94. The number of carbonyl (C=O) groups excluding carboxylic acids is 1. The second kappa shape index (κ2) is 6.94. The smallest absolute Gasteiger partial charge is 0.308 e. The summed E-state index contributed by atoms with van der Waals surface area (Å²) in [6.45, 7) is 1.34. The zero-order valence-electron chi connectivity index (χ0n) is 14.0. The molecule has 2 aromatic heterocycles. The molecular formula is C19H12ClN3O3S. The van der Waals surface area contributed by atoms with Crippen LogP contribution in [0.15, 0.2) is 53.3 Å². The van der Waals surface area contributed by atoms with E-state index in [0.29, 0.717) is 26.1 Å². The summed E-state index contributed by atoms with van der Waals surface area (Å²) in [6, 6.07) is 14.1. The molecule has 27 heavy (non-hydrogen) atoms. The maximum absolute atomic E-state index is 12.6. The lowest BCUT2D eigenvalue weighted by molar-refractivity contribution is -0.131. The van der Waals surface area contributed by atoms with E-state index in [4.69, 9.17) is 16.3 Å². The second-order valence-electron chi connectivity index (χ2n) is 5.72. The summed E-state index contributed by atoms with van der Waals surface area (Å²) in [5, 5.41) is 4.88. The van der Waals surface area contributed by atoms with Gasteiger partial charge in [-0.15, -0.1) is 5.10 Å². The number of carbonyl (C=O) groups is 1. The zero-order valence-corrected chi connectivity index (χ0v) is 15.6. The highest BCUT2D eigenvalue weighted by Crippen LogP contribution is 2.20. The molecule has 0 unspecified atom stereocenters. The van der Waals surface area contributed by atoms with Gasteiger partial charge in [-0.25, -0.2) is 0 Å². The van der Waals surface area contributed by atoms with Gasteiger partial charge in [-0.3, -0.25) is 9.59 Å². The van der Waals surface area contributed by atoms with Crippen molar-refractivity contribution in [1.82, 2.24) is 14.6 Å². The molecule has 0 bridgehead atoms. The Morgan fingerprint density at radius 1 is 1.22 bits per heavy atom. The number of nitrogens with zero attached hydrogens (tertiary/aromatic N) is 3. The van der Waals surface area contributed by atoms with Crippen molar-refractivity contribution in [3.63, 3.8) is 0 Å². The van der Waals surface area contributed by atoms with E-state index in [2.05, 4.69) is 10.1 Å². The third-order valence-corrected chi connectivity index (χ3v) is 4.90. The quantitative estimate of drug-likeness (QED) is 0.392. The van der Waals surface area contributed by atoms with Crippen molar-refractivity contribution < 1.29 is 9.53 Å². The van der Waals surface area contributed by atoms with Crippen molar-refractivity contribution in [2.24, 2.45) is 0 Å². The zero-order chi connectivity index (χ0) is 19.0. The Hall–Kier alpha value is -3.03. The number of benzene rings is 2. The Balaban J connectivity index is 1.70. The molecule has 0 aliphatic heterocycles. The number of hydrogen-bond donors (Lipinski definition) is 0. The molecular weight excluding hydrogens is 386 g/mol. The van der Waals surface area contributed by atoms with E-state index in [1.54, 1.807) is 42.5 Å². The Morgan fingerprint density at radius 3 is 2.67 bits per heavy atom. The molecule has 2 heterocycles. The van der Waals surface area contributed by atoms with Crippen LogP contribution in [0, 0.1) is 0 Å². The van der Waals surface area contributed by atoms with Crippen LogP contribution < -0.4 is 14.8 Å². The van der Waals surface area contributed by atoms with Gasteiger partial charge in [0.2, 0.25) is 4.96 Å². The van der Waals surface area contributed by atoms with Crippen molar-refractivity contribution >= 4 is 39.9 Å². The number of halogens is 1. The van der Waals surface area contributed by atoms with Crippen LogP contribution in [0.25, 0.3) is 22.4 Å². The largest absolute Gasteiger partial charge is 0.427 e. The van der Waals surface area contributed by atoms with E-state index in [9.17, 15) is 9.59 Å². The fourth-order valence-corrected chi connectivity index (χ4v) is 3.63. The summed E-state index contributed by atoms with van der Waals surface area (Å²) in [7, 11) is 0. The van der Waals surface area contributed by atoms with E-state index >= 15 is 0 Å². The Labute approximate surface area is 162 Å². The molecule has 4 aromatic rings. The molecule has 0 aliphatic carbocycles. The van der Waals surface area contributed by atoms with Crippen LogP contribution >= 0.6 is 22.9 Å². The average molecular weight is 398 g/mol. The van der Waals surface area contributed by atoms with Crippen molar-refractivity contribution in [2.45, 2.75) is 6.92 Å². The molecule has 0 saturated carbocycles. The summed E-state index contributed by atoms with van der Waals surface area (Å²) in [6.07, 6.45) is 1.75.